The molecule has 0 fully saturated rings. The van der Waals surface area contributed by atoms with Crippen LogP contribution in [0.1, 0.15) is 23.9 Å². The highest BCUT2D eigenvalue weighted by Crippen LogP contribution is 2.18. The first-order chi connectivity index (χ1) is 6.97. The van der Waals surface area contributed by atoms with Gasteiger partial charge in [0.15, 0.2) is 0 Å². The van der Waals surface area contributed by atoms with Gasteiger partial charge in [-0.25, -0.2) is 4.79 Å². The van der Waals surface area contributed by atoms with Crippen molar-refractivity contribution in [3.05, 3.63) is 28.8 Å². The predicted octanol–water partition coefficient (Wildman–Crippen LogP) is 2.52. The summed E-state index contributed by atoms with van der Waals surface area (Å²) in [4.78, 5) is 10.3. The summed E-state index contributed by atoms with van der Waals surface area (Å²) >= 11 is 0. The molecule has 0 aliphatic carbocycles. The van der Waals surface area contributed by atoms with Crippen molar-refractivity contribution < 1.29 is 14.3 Å². The number of carboxylic acids is 1. The van der Waals surface area contributed by atoms with Gasteiger partial charge >= 0.3 is 5.97 Å². The van der Waals surface area contributed by atoms with Crippen molar-refractivity contribution >= 4 is 12.0 Å². The van der Waals surface area contributed by atoms with Gasteiger partial charge in [-0.2, -0.15) is 4.39 Å². The standard InChI is InChI=1S/C11H14FNO2/c1-4-13-7(2)5-9(8(13)3)6-10(12)11(14)15/h5-6H,4H2,1-3H3,(H,14,15). The number of nitrogens with zero attached hydrogens (tertiary/aromatic N) is 1. The van der Waals surface area contributed by atoms with Crippen LogP contribution in [0, 0.1) is 13.8 Å². The number of carboxylic acid groups (broad SMARTS) is 1. The minimum absolute atomic E-state index is 0.620. The molecule has 0 radical (unpaired) electrons. The normalized spacial score (nSPS) is 11.9. The Morgan fingerprint density at radius 1 is 1.60 bits per heavy atom. The van der Waals surface area contributed by atoms with Crippen molar-refractivity contribution in [1.82, 2.24) is 4.57 Å². The Balaban J connectivity index is 3.17. The number of hydrogen-bond donors (Lipinski definition) is 1. The lowest BCUT2D eigenvalue weighted by atomic mass is 10.2. The smallest absolute Gasteiger partial charge is 0.364 e. The molecule has 1 rings (SSSR count). The average Bonchev–Trinajstić information content (AvgIpc) is 2.41. The molecule has 1 aromatic heterocycles. The molecule has 0 aliphatic rings. The van der Waals surface area contributed by atoms with E-state index in [1.165, 1.54) is 0 Å². The fourth-order valence-electron chi connectivity index (χ4n) is 1.66. The number of hydrogen-bond acceptors (Lipinski definition) is 1. The largest absolute Gasteiger partial charge is 0.476 e. The van der Waals surface area contributed by atoms with Gasteiger partial charge in [-0.15, -0.1) is 0 Å². The van der Waals surface area contributed by atoms with Crippen LogP contribution in [0.3, 0.4) is 0 Å². The van der Waals surface area contributed by atoms with Gasteiger partial charge in [-0.3, -0.25) is 0 Å². The van der Waals surface area contributed by atoms with E-state index in [4.69, 9.17) is 5.11 Å². The molecule has 3 nitrogen and oxygen atoms in total. The number of halogens is 1. The summed E-state index contributed by atoms with van der Waals surface area (Å²) in [7, 11) is 0. The Labute approximate surface area is 87.8 Å². The quantitative estimate of drug-likeness (QED) is 0.780. The Morgan fingerprint density at radius 2 is 2.20 bits per heavy atom. The van der Waals surface area contributed by atoms with Crippen LogP contribution in [-0.2, 0) is 11.3 Å². The third kappa shape index (κ3) is 2.26. The first kappa shape index (κ1) is 11.5. The van der Waals surface area contributed by atoms with Crippen molar-refractivity contribution in [2.24, 2.45) is 0 Å². The summed E-state index contributed by atoms with van der Waals surface area (Å²) in [6.45, 7) is 6.53. The van der Waals surface area contributed by atoms with Gasteiger partial charge in [-0.1, -0.05) is 0 Å². The van der Waals surface area contributed by atoms with E-state index in [0.717, 1.165) is 24.0 Å². The molecule has 1 N–H and O–H groups in total. The van der Waals surface area contributed by atoms with Gasteiger partial charge in [0.1, 0.15) is 0 Å². The number of aliphatic carboxylic acids is 1. The average molecular weight is 211 g/mol. The van der Waals surface area contributed by atoms with Crippen LogP contribution < -0.4 is 0 Å². The van der Waals surface area contributed by atoms with Gasteiger partial charge < -0.3 is 9.67 Å². The Hall–Kier alpha value is -1.58. The van der Waals surface area contributed by atoms with Crippen molar-refractivity contribution in [2.45, 2.75) is 27.3 Å². The van der Waals surface area contributed by atoms with Gasteiger partial charge in [0.25, 0.3) is 0 Å². The number of carbonyl (C=O) groups is 1. The lowest BCUT2D eigenvalue weighted by Gasteiger charge is -2.04. The molecule has 0 aromatic carbocycles. The maximum atomic E-state index is 12.9. The molecular formula is C11H14FNO2. The van der Waals surface area contributed by atoms with Crippen LogP contribution in [0.4, 0.5) is 4.39 Å². The molecule has 0 aliphatic heterocycles. The zero-order valence-electron chi connectivity index (χ0n) is 9.04. The second-order valence-corrected chi connectivity index (χ2v) is 3.37. The number of aromatic nitrogens is 1. The van der Waals surface area contributed by atoms with E-state index in [1.807, 2.05) is 25.3 Å². The molecule has 82 valence electrons. The highest BCUT2D eigenvalue weighted by molar-refractivity contribution is 5.89. The molecule has 15 heavy (non-hydrogen) atoms. The van der Waals surface area contributed by atoms with Gasteiger partial charge in [-0.05, 0) is 38.5 Å². The molecule has 0 saturated carbocycles. The zero-order valence-corrected chi connectivity index (χ0v) is 9.04. The highest BCUT2D eigenvalue weighted by atomic mass is 19.1. The van der Waals surface area contributed by atoms with E-state index in [9.17, 15) is 9.18 Å². The van der Waals surface area contributed by atoms with E-state index < -0.39 is 11.8 Å². The molecule has 0 atom stereocenters. The Bertz CT molecular complexity index is 418. The number of rotatable bonds is 3. The van der Waals surface area contributed by atoms with Crippen LogP contribution in [0.15, 0.2) is 11.9 Å². The fourth-order valence-corrected chi connectivity index (χ4v) is 1.66. The highest BCUT2D eigenvalue weighted by Gasteiger charge is 2.10. The second-order valence-electron chi connectivity index (χ2n) is 3.37. The molecule has 0 spiro atoms. The van der Waals surface area contributed by atoms with Gasteiger partial charge in [0.05, 0.1) is 0 Å². The van der Waals surface area contributed by atoms with Crippen LogP contribution in [0.25, 0.3) is 6.08 Å². The van der Waals surface area contributed by atoms with Crippen molar-refractivity contribution in [3.63, 3.8) is 0 Å². The zero-order chi connectivity index (χ0) is 11.6. The fraction of sp³-hybridized carbons (Fsp3) is 0.364. The minimum Gasteiger partial charge on any atom is -0.476 e. The van der Waals surface area contributed by atoms with E-state index in [-0.39, 0.29) is 0 Å². The summed E-state index contributed by atoms with van der Waals surface area (Å²) in [5.41, 5.74) is 2.50. The third-order valence-corrected chi connectivity index (χ3v) is 2.42. The van der Waals surface area contributed by atoms with E-state index in [0.29, 0.717) is 5.56 Å². The molecule has 0 bridgehead atoms. The number of aryl methyl sites for hydroxylation is 1. The third-order valence-electron chi connectivity index (χ3n) is 2.42. The van der Waals surface area contributed by atoms with Gasteiger partial charge in [0.2, 0.25) is 5.83 Å². The lowest BCUT2D eigenvalue weighted by molar-refractivity contribution is -0.134. The monoisotopic (exact) mass is 211 g/mol. The Kier molecular flexibility index (Phi) is 3.29. The topological polar surface area (TPSA) is 42.2 Å². The molecule has 0 unspecified atom stereocenters. The van der Waals surface area contributed by atoms with Crippen molar-refractivity contribution in [1.29, 1.82) is 0 Å². The lowest BCUT2D eigenvalue weighted by Crippen LogP contribution is -1.99. The maximum Gasteiger partial charge on any atom is 0.364 e. The molecular weight excluding hydrogens is 197 g/mol. The first-order valence-corrected chi connectivity index (χ1v) is 4.74. The van der Waals surface area contributed by atoms with Crippen LogP contribution >= 0.6 is 0 Å². The summed E-state index contributed by atoms with van der Waals surface area (Å²) in [5, 5.41) is 8.42. The van der Waals surface area contributed by atoms with Crippen LogP contribution in [0.5, 0.6) is 0 Å². The van der Waals surface area contributed by atoms with E-state index >= 15 is 0 Å². The van der Waals surface area contributed by atoms with Crippen molar-refractivity contribution in [2.75, 3.05) is 0 Å². The van der Waals surface area contributed by atoms with Crippen molar-refractivity contribution in [3.8, 4) is 0 Å². The summed E-state index contributed by atoms with van der Waals surface area (Å²) in [6.07, 6.45) is 1.05. The van der Waals surface area contributed by atoms with E-state index in [2.05, 4.69) is 0 Å². The summed E-state index contributed by atoms with van der Waals surface area (Å²) in [5.74, 6) is -2.66. The van der Waals surface area contributed by atoms with E-state index in [1.54, 1.807) is 6.07 Å². The second kappa shape index (κ2) is 4.29. The molecule has 1 aromatic rings. The summed E-state index contributed by atoms with van der Waals surface area (Å²) < 4.78 is 14.9. The molecule has 0 saturated heterocycles. The SMILES string of the molecule is CCn1c(C)cc(C=C(F)C(=O)O)c1C. The minimum atomic E-state index is -1.53. The Morgan fingerprint density at radius 3 is 2.60 bits per heavy atom. The van der Waals surface area contributed by atoms with Gasteiger partial charge in [0, 0.05) is 17.9 Å². The molecule has 1 heterocycles. The molecule has 4 heteroatoms. The first-order valence-electron chi connectivity index (χ1n) is 4.74. The maximum absolute atomic E-state index is 12.9. The summed E-state index contributed by atoms with van der Waals surface area (Å²) in [6, 6.07) is 1.78. The van der Waals surface area contributed by atoms with Crippen LogP contribution in [0.2, 0.25) is 0 Å². The van der Waals surface area contributed by atoms with Crippen LogP contribution in [-0.4, -0.2) is 15.6 Å². The molecule has 0 amide bonds. The predicted molar refractivity (Wildman–Crippen MR) is 56.3 cm³/mol.